The summed E-state index contributed by atoms with van der Waals surface area (Å²) >= 11 is 0. The fraction of sp³-hybridized carbons (Fsp3) is 0.500. The van der Waals surface area contributed by atoms with Gasteiger partial charge in [-0.15, -0.1) is 0 Å². The highest BCUT2D eigenvalue weighted by atomic mass is 19.3. The molecule has 4 nitrogen and oxygen atoms in total. The first-order valence-electron chi connectivity index (χ1n) is 4.09. The highest BCUT2D eigenvalue weighted by Crippen LogP contribution is 2.16. The summed E-state index contributed by atoms with van der Waals surface area (Å²) in [4.78, 5) is 11.2. The average Bonchev–Trinajstić information content (AvgIpc) is 2.53. The molecule has 0 saturated heterocycles. The molecule has 0 aliphatic rings. The summed E-state index contributed by atoms with van der Waals surface area (Å²) in [6.07, 6.45) is 1.38. The summed E-state index contributed by atoms with van der Waals surface area (Å²) in [5, 5.41) is 8.09. The van der Waals surface area contributed by atoms with Gasteiger partial charge in [0, 0.05) is 13.1 Å². The minimum absolute atomic E-state index is 0.168. The molecule has 1 rings (SSSR count). The Hall–Kier alpha value is -1.46. The molecular formula is C8H11F2N3O. The van der Waals surface area contributed by atoms with E-state index in [1.54, 1.807) is 0 Å². The van der Waals surface area contributed by atoms with Crippen LogP contribution in [-0.4, -0.2) is 28.1 Å². The van der Waals surface area contributed by atoms with Crippen molar-refractivity contribution in [2.24, 2.45) is 0 Å². The highest BCUT2D eigenvalue weighted by Gasteiger charge is 2.31. The van der Waals surface area contributed by atoms with Gasteiger partial charge in [-0.2, -0.15) is 5.10 Å². The molecule has 0 saturated carbocycles. The lowest BCUT2D eigenvalue weighted by Gasteiger charge is -2.19. The SMILES string of the molecule is CC(NC(=O)c1ccn[nH]1)C(C)(F)F. The van der Waals surface area contributed by atoms with E-state index in [9.17, 15) is 13.6 Å². The monoisotopic (exact) mass is 203 g/mol. The first-order valence-corrected chi connectivity index (χ1v) is 4.09. The number of aromatic amines is 1. The van der Waals surface area contributed by atoms with Crippen molar-refractivity contribution in [3.63, 3.8) is 0 Å². The third-order valence-electron chi connectivity index (χ3n) is 1.85. The van der Waals surface area contributed by atoms with Gasteiger partial charge in [0.05, 0.1) is 6.04 Å². The first-order chi connectivity index (χ1) is 6.41. The first kappa shape index (κ1) is 10.6. The summed E-state index contributed by atoms with van der Waals surface area (Å²) in [5.41, 5.74) is 0.168. The van der Waals surface area contributed by atoms with E-state index in [0.717, 1.165) is 6.92 Å². The molecule has 1 aromatic rings. The minimum Gasteiger partial charge on any atom is -0.342 e. The standard InChI is InChI=1S/C8H11F2N3O/c1-5(8(2,9)10)12-7(14)6-3-4-11-13-6/h3-5H,1-2H3,(H,11,13)(H,12,14). The Morgan fingerprint density at radius 1 is 1.71 bits per heavy atom. The fourth-order valence-electron chi connectivity index (χ4n) is 0.783. The van der Waals surface area contributed by atoms with Crippen molar-refractivity contribution >= 4 is 5.91 Å². The number of hydrogen-bond donors (Lipinski definition) is 2. The van der Waals surface area contributed by atoms with Crippen molar-refractivity contribution in [3.05, 3.63) is 18.0 Å². The molecule has 1 amide bonds. The van der Waals surface area contributed by atoms with Crippen LogP contribution in [0.15, 0.2) is 12.3 Å². The predicted molar refractivity (Wildman–Crippen MR) is 46.1 cm³/mol. The number of nitrogens with zero attached hydrogens (tertiary/aromatic N) is 1. The lowest BCUT2D eigenvalue weighted by molar-refractivity contribution is -0.0108. The highest BCUT2D eigenvalue weighted by molar-refractivity contribution is 5.92. The molecule has 6 heteroatoms. The molecule has 0 spiro atoms. The smallest absolute Gasteiger partial charge is 0.269 e. The fourth-order valence-corrected chi connectivity index (χ4v) is 0.783. The van der Waals surface area contributed by atoms with Crippen LogP contribution in [0.5, 0.6) is 0 Å². The molecule has 0 aliphatic carbocycles. The van der Waals surface area contributed by atoms with Crippen molar-refractivity contribution in [2.75, 3.05) is 0 Å². The molecule has 1 aromatic heterocycles. The summed E-state index contributed by atoms with van der Waals surface area (Å²) in [7, 11) is 0. The Balaban J connectivity index is 2.58. The number of carbonyl (C=O) groups excluding carboxylic acids is 1. The van der Waals surface area contributed by atoms with Crippen LogP contribution in [0.2, 0.25) is 0 Å². The molecule has 14 heavy (non-hydrogen) atoms. The third kappa shape index (κ3) is 2.51. The van der Waals surface area contributed by atoms with E-state index in [4.69, 9.17) is 0 Å². The summed E-state index contributed by atoms with van der Waals surface area (Å²) in [6, 6.07) is 0.203. The second kappa shape index (κ2) is 3.73. The summed E-state index contributed by atoms with van der Waals surface area (Å²) in [6.45, 7) is 2.00. The Morgan fingerprint density at radius 2 is 2.36 bits per heavy atom. The van der Waals surface area contributed by atoms with Crippen molar-refractivity contribution in [3.8, 4) is 0 Å². The molecule has 0 aromatic carbocycles. The molecule has 78 valence electrons. The van der Waals surface area contributed by atoms with Crippen LogP contribution in [-0.2, 0) is 0 Å². The van der Waals surface area contributed by atoms with E-state index in [-0.39, 0.29) is 5.69 Å². The van der Waals surface area contributed by atoms with E-state index < -0.39 is 17.9 Å². The zero-order valence-corrected chi connectivity index (χ0v) is 7.84. The van der Waals surface area contributed by atoms with Gasteiger partial charge in [-0.3, -0.25) is 9.89 Å². The normalized spacial score (nSPS) is 13.7. The number of H-pyrrole nitrogens is 1. The van der Waals surface area contributed by atoms with Crippen LogP contribution in [0, 0.1) is 0 Å². The van der Waals surface area contributed by atoms with E-state index in [1.165, 1.54) is 19.2 Å². The van der Waals surface area contributed by atoms with E-state index in [1.807, 2.05) is 0 Å². The summed E-state index contributed by atoms with van der Waals surface area (Å²) < 4.78 is 25.4. The third-order valence-corrected chi connectivity index (χ3v) is 1.85. The van der Waals surface area contributed by atoms with Crippen LogP contribution in [0.1, 0.15) is 24.3 Å². The molecule has 0 aliphatic heterocycles. The Kier molecular flexibility index (Phi) is 2.83. The minimum atomic E-state index is -2.93. The second-order valence-electron chi connectivity index (χ2n) is 3.12. The molecule has 1 atom stereocenters. The average molecular weight is 203 g/mol. The number of halogens is 2. The van der Waals surface area contributed by atoms with Crippen molar-refractivity contribution in [2.45, 2.75) is 25.8 Å². The van der Waals surface area contributed by atoms with Gasteiger partial charge in [0.15, 0.2) is 0 Å². The van der Waals surface area contributed by atoms with E-state index in [2.05, 4.69) is 15.5 Å². The number of nitrogens with one attached hydrogen (secondary N) is 2. The topological polar surface area (TPSA) is 57.8 Å². The van der Waals surface area contributed by atoms with Crippen LogP contribution in [0.3, 0.4) is 0 Å². The van der Waals surface area contributed by atoms with E-state index >= 15 is 0 Å². The maximum atomic E-state index is 12.7. The zero-order valence-electron chi connectivity index (χ0n) is 7.84. The van der Waals surface area contributed by atoms with Crippen LogP contribution >= 0.6 is 0 Å². The number of hydrogen-bond acceptors (Lipinski definition) is 2. The molecule has 0 bridgehead atoms. The molecule has 0 radical (unpaired) electrons. The molecule has 1 heterocycles. The Bertz CT molecular complexity index is 305. The predicted octanol–water partition coefficient (Wildman–Crippen LogP) is 1.18. The number of aromatic nitrogens is 2. The van der Waals surface area contributed by atoms with Gasteiger partial charge < -0.3 is 5.32 Å². The maximum Gasteiger partial charge on any atom is 0.269 e. The number of amides is 1. The lowest BCUT2D eigenvalue weighted by Crippen LogP contribution is -2.43. The summed E-state index contributed by atoms with van der Waals surface area (Å²) in [5.74, 6) is -3.52. The van der Waals surface area contributed by atoms with Gasteiger partial charge in [-0.1, -0.05) is 0 Å². The van der Waals surface area contributed by atoms with Crippen molar-refractivity contribution in [1.29, 1.82) is 0 Å². The number of alkyl halides is 2. The molecule has 0 fully saturated rings. The largest absolute Gasteiger partial charge is 0.342 e. The Morgan fingerprint density at radius 3 is 2.79 bits per heavy atom. The van der Waals surface area contributed by atoms with Gasteiger partial charge in [0.2, 0.25) is 0 Å². The van der Waals surface area contributed by atoms with Gasteiger partial charge in [0.1, 0.15) is 5.69 Å². The van der Waals surface area contributed by atoms with Crippen LogP contribution in [0.25, 0.3) is 0 Å². The molecule has 2 N–H and O–H groups in total. The quantitative estimate of drug-likeness (QED) is 0.775. The lowest BCUT2D eigenvalue weighted by atomic mass is 10.2. The maximum absolute atomic E-state index is 12.7. The zero-order chi connectivity index (χ0) is 10.8. The van der Waals surface area contributed by atoms with Gasteiger partial charge in [-0.25, -0.2) is 8.78 Å². The van der Waals surface area contributed by atoms with E-state index in [0.29, 0.717) is 0 Å². The van der Waals surface area contributed by atoms with Gasteiger partial charge in [0.25, 0.3) is 11.8 Å². The van der Waals surface area contributed by atoms with Gasteiger partial charge >= 0.3 is 0 Å². The molecular weight excluding hydrogens is 192 g/mol. The second-order valence-corrected chi connectivity index (χ2v) is 3.12. The Labute approximate surface area is 79.7 Å². The number of carbonyl (C=O) groups is 1. The molecule has 1 unspecified atom stereocenters. The van der Waals surface area contributed by atoms with Crippen LogP contribution < -0.4 is 5.32 Å². The number of rotatable bonds is 3. The van der Waals surface area contributed by atoms with Crippen molar-refractivity contribution < 1.29 is 13.6 Å². The van der Waals surface area contributed by atoms with Gasteiger partial charge in [-0.05, 0) is 13.0 Å². The van der Waals surface area contributed by atoms with Crippen LogP contribution in [0.4, 0.5) is 8.78 Å². The van der Waals surface area contributed by atoms with Crippen molar-refractivity contribution in [1.82, 2.24) is 15.5 Å².